The van der Waals surface area contributed by atoms with E-state index in [0.29, 0.717) is 23.5 Å². The molecule has 5 nitrogen and oxygen atoms in total. The Labute approximate surface area is 126 Å². The van der Waals surface area contributed by atoms with Crippen molar-refractivity contribution in [1.82, 2.24) is 9.88 Å². The second kappa shape index (κ2) is 4.68. The molecule has 2 aliphatic heterocycles. The van der Waals surface area contributed by atoms with Gasteiger partial charge in [0, 0.05) is 17.6 Å². The molecule has 6 heteroatoms. The predicted molar refractivity (Wildman–Crippen MR) is 82.3 cm³/mol. The number of piperidine rings is 1. The van der Waals surface area contributed by atoms with E-state index in [1.165, 1.54) is 11.3 Å². The van der Waals surface area contributed by atoms with Gasteiger partial charge in [0.2, 0.25) is 0 Å². The number of benzene rings is 1. The number of aliphatic hydroxyl groups excluding tert-OH is 1. The van der Waals surface area contributed by atoms with Gasteiger partial charge in [-0.15, -0.1) is 0 Å². The minimum absolute atomic E-state index is 0.0725. The summed E-state index contributed by atoms with van der Waals surface area (Å²) in [5, 5.41) is 10.4. The van der Waals surface area contributed by atoms with Crippen LogP contribution >= 0.6 is 11.3 Å². The van der Waals surface area contributed by atoms with Crippen molar-refractivity contribution in [3.8, 4) is 0 Å². The predicted octanol–water partition coefficient (Wildman–Crippen LogP) is 2.01. The molecule has 2 aromatic rings. The van der Waals surface area contributed by atoms with E-state index in [4.69, 9.17) is 5.73 Å². The number of hydrogen-bond donors (Lipinski definition) is 2. The number of fused-ring (bicyclic) bond motifs is 3. The molecule has 3 heterocycles. The fraction of sp³-hybridized carbons (Fsp3) is 0.467. The molecule has 2 fully saturated rings. The first-order chi connectivity index (χ1) is 10.1. The van der Waals surface area contributed by atoms with Crippen LogP contribution in [0.1, 0.15) is 36.0 Å². The highest BCUT2D eigenvalue weighted by Crippen LogP contribution is 2.37. The first-order valence-corrected chi connectivity index (χ1v) is 8.10. The van der Waals surface area contributed by atoms with Crippen molar-refractivity contribution < 1.29 is 9.90 Å². The molecule has 1 aromatic carbocycles. The van der Waals surface area contributed by atoms with E-state index in [2.05, 4.69) is 4.98 Å². The molecule has 1 amide bonds. The summed E-state index contributed by atoms with van der Waals surface area (Å²) in [5.74, 6) is 0.0725. The number of carbonyl (C=O) groups excluding carboxylic acids is 1. The normalized spacial score (nSPS) is 28.2. The number of nitrogens with zero attached hydrogens (tertiary/aromatic N) is 2. The van der Waals surface area contributed by atoms with Gasteiger partial charge < -0.3 is 15.7 Å². The van der Waals surface area contributed by atoms with Crippen LogP contribution in [0.5, 0.6) is 0 Å². The lowest BCUT2D eigenvalue weighted by Crippen LogP contribution is -2.47. The number of amides is 1. The number of anilines is 1. The lowest BCUT2D eigenvalue weighted by molar-refractivity contribution is 0.0287. The maximum atomic E-state index is 12.8. The van der Waals surface area contributed by atoms with Crippen LogP contribution in [0.3, 0.4) is 0 Å². The third-order valence-corrected chi connectivity index (χ3v) is 5.44. The van der Waals surface area contributed by atoms with Gasteiger partial charge in [0.15, 0.2) is 5.13 Å². The molecular weight excluding hydrogens is 286 g/mol. The molecule has 2 saturated heterocycles. The number of rotatable bonds is 1. The number of nitrogens with two attached hydrogens (primary N) is 1. The molecule has 2 atom stereocenters. The Hall–Kier alpha value is -1.66. The summed E-state index contributed by atoms with van der Waals surface area (Å²) in [5.41, 5.74) is 7.25. The van der Waals surface area contributed by atoms with Crippen molar-refractivity contribution in [2.24, 2.45) is 0 Å². The van der Waals surface area contributed by atoms with E-state index in [1.807, 2.05) is 23.1 Å². The monoisotopic (exact) mass is 303 g/mol. The Morgan fingerprint density at radius 2 is 2.05 bits per heavy atom. The van der Waals surface area contributed by atoms with Crippen molar-refractivity contribution in [2.45, 2.75) is 43.9 Å². The zero-order valence-corrected chi connectivity index (χ0v) is 12.3. The van der Waals surface area contributed by atoms with Gasteiger partial charge >= 0.3 is 0 Å². The molecule has 4 rings (SSSR count). The van der Waals surface area contributed by atoms with Crippen LogP contribution in [0, 0.1) is 0 Å². The fourth-order valence-corrected chi connectivity index (χ4v) is 4.48. The summed E-state index contributed by atoms with van der Waals surface area (Å²) in [7, 11) is 0. The maximum Gasteiger partial charge on any atom is 0.254 e. The van der Waals surface area contributed by atoms with Gasteiger partial charge in [-0.2, -0.15) is 0 Å². The average Bonchev–Trinajstić information content (AvgIpc) is 2.94. The molecule has 21 heavy (non-hydrogen) atoms. The summed E-state index contributed by atoms with van der Waals surface area (Å²) < 4.78 is 0.947. The lowest BCUT2D eigenvalue weighted by Gasteiger charge is -2.37. The van der Waals surface area contributed by atoms with Crippen molar-refractivity contribution >= 4 is 32.6 Å². The molecule has 1 aromatic heterocycles. The highest BCUT2D eigenvalue weighted by molar-refractivity contribution is 7.22. The van der Waals surface area contributed by atoms with Crippen LogP contribution in [-0.2, 0) is 0 Å². The molecule has 3 N–H and O–H groups in total. The van der Waals surface area contributed by atoms with Crippen LogP contribution in [0.2, 0.25) is 0 Å². The first kappa shape index (κ1) is 13.0. The Kier molecular flexibility index (Phi) is 2.90. The number of hydrogen-bond acceptors (Lipinski definition) is 5. The highest BCUT2D eigenvalue weighted by atomic mass is 32.1. The van der Waals surface area contributed by atoms with Gasteiger partial charge in [-0.25, -0.2) is 4.98 Å². The largest absolute Gasteiger partial charge is 0.393 e. The second-order valence-electron chi connectivity index (χ2n) is 5.96. The minimum atomic E-state index is -0.254. The molecule has 2 unspecified atom stereocenters. The third kappa shape index (κ3) is 2.10. The van der Waals surface area contributed by atoms with Crippen molar-refractivity contribution in [3.05, 3.63) is 23.8 Å². The van der Waals surface area contributed by atoms with Crippen LogP contribution < -0.4 is 5.73 Å². The lowest BCUT2D eigenvalue weighted by atomic mass is 9.98. The van der Waals surface area contributed by atoms with Crippen LogP contribution in [0.4, 0.5) is 5.13 Å². The van der Waals surface area contributed by atoms with Crippen molar-refractivity contribution in [2.75, 3.05) is 5.73 Å². The maximum absolute atomic E-state index is 12.8. The number of carbonyl (C=O) groups is 1. The minimum Gasteiger partial charge on any atom is -0.393 e. The van der Waals surface area contributed by atoms with E-state index < -0.39 is 0 Å². The summed E-state index contributed by atoms with van der Waals surface area (Å²) in [6.45, 7) is 0. The number of nitrogen functional groups attached to an aromatic ring is 1. The Morgan fingerprint density at radius 3 is 2.76 bits per heavy atom. The quantitative estimate of drug-likeness (QED) is 0.844. The third-order valence-electron chi connectivity index (χ3n) is 4.59. The second-order valence-corrected chi connectivity index (χ2v) is 7.02. The number of aliphatic hydroxyl groups is 1. The summed E-state index contributed by atoms with van der Waals surface area (Å²) in [6.07, 6.45) is 3.16. The van der Waals surface area contributed by atoms with Gasteiger partial charge in [-0.1, -0.05) is 11.3 Å². The van der Waals surface area contributed by atoms with E-state index in [9.17, 15) is 9.90 Å². The van der Waals surface area contributed by atoms with Crippen LogP contribution in [0.15, 0.2) is 18.2 Å². The summed E-state index contributed by atoms with van der Waals surface area (Å²) in [6, 6.07) is 5.95. The Balaban J connectivity index is 1.67. The Bertz CT molecular complexity index is 700. The SMILES string of the molecule is Nc1nc2ccc(C(=O)N3C4CCC3CC(O)C4)cc2s1. The van der Waals surface area contributed by atoms with Crippen LogP contribution in [-0.4, -0.2) is 39.1 Å². The van der Waals surface area contributed by atoms with E-state index in [-0.39, 0.29) is 24.1 Å². The highest BCUT2D eigenvalue weighted by Gasteiger charge is 2.42. The average molecular weight is 303 g/mol. The fourth-order valence-electron chi connectivity index (χ4n) is 3.70. The first-order valence-electron chi connectivity index (χ1n) is 7.28. The van der Waals surface area contributed by atoms with Gasteiger partial charge in [-0.3, -0.25) is 4.79 Å². The molecule has 0 aliphatic carbocycles. The number of thiazole rings is 1. The van der Waals surface area contributed by atoms with Crippen molar-refractivity contribution in [3.63, 3.8) is 0 Å². The molecule has 2 aliphatic rings. The topological polar surface area (TPSA) is 79.5 Å². The van der Waals surface area contributed by atoms with Gasteiger partial charge in [0.1, 0.15) is 0 Å². The number of aromatic nitrogens is 1. The summed E-state index contributed by atoms with van der Waals surface area (Å²) >= 11 is 1.40. The standard InChI is InChI=1S/C15H17N3O2S/c16-15-17-12-4-1-8(5-13(12)21-15)14(20)18-9-2-3-10(18)7-11(19)6-9/h1,4-5,9-11,19H,2-3,6-7H2,(H2,16,17). The molecule has 0 saturated carbocycles. The van der Waals surface area contributed by atoms with Gasteiger partial charge in [-0.05, 0) is 43.9 Å². The summed E-state index contributed by atoms with van der Waals surface area (Å²) in [4.78, 5) is 19.0. The molecular formula is C15H17N3O2S. The smallest absolute Gasteiger partial charge is 0.254 e. The zero-order chi connectivity index (χ0) is 14.6. The molecule has 0 radical (unpaired) electrons. The van der Waals surface area contributed by atoms with Gasteiger partial charge in [0.25, 0.3) is 5.91 Å². The van der Waals surface area contributed by atoms with E-state index >= 15 is 0 Å². The molecule has 110 valence electrons. The van der Waals surface area contributed by atoms with E-state index in [0.717, 1.165) is 23.1 Å². The van der Waals surface area contributed by atoms with Gasteiger partial charge in [0.05, 0.1) is 16.3 Å². The molecule has 2 bridgehead atoms. The van der Waals surface area contributed by atoms with Crippen molar-refractivity contribution in [1.29, 1.82) is 0 Å². The van der Waals surface area contributed by atoms with E-state index in [1.54, 1.807) is 0 Å². The zero-order valence-electron chi connectivity index (χ0n) is 11.5. The Morgan fingerprint density at radius 1 is 1.33 bits per heavy atom. The molecule has 0 spiro atoms. The van der Waals surface area contributed by atoms with Crippen LogP contribution in [0.25, 0.3) is 10.2 Å².